The fourth-order valence-electron chi connectivity index (χ4n) is 2.46. The maximum absolute atomic E-state index is 3.64. The molecule has 16 heavy (non-hydrogen) atoms. The molecule has 0 saturated carbocycles. The summed E-state index contributed by atoms with van der Waals surface area (Å²) in [7, 11) is 4.38. The van der Waals surface area contributed by atoms with E-state index in [-0.39, 0.29) is 0 Å². The Morgan fingerprint density at radius 1 is 1.50 bits per heavy atom. The third-order valence-corrected chi connectivity index (χ3v) is 4.39. The summed E-state index contributed by atoms with van der Waals surface area (Å²) in [5, 5.41) is 5.83. The average Bonchev–Trinajstić information content (AvgIpc) is 2.80. The monoisotopic (exact) mass is 238 g/mol. The van der Waals surface area contributed by atoms with Crippen molar-refractivity contribution in [1.82, 2.24) is 10.2 Å². The molecule has 0 bridgehead atoms. The van der Waals surface area contributed by atoms with Crippen LogP contribution in [0.5, 0.6) is 0 Å². The first kappa shape index (κ1) is 12.1. The number of hydrogen-bond acceptors (Lipinski definition) is 3. The van der Waals surface area contributed by atoms with Crippen LogP contribution < -0.4 is 5.32 Å². The summed E-state index contributed by atoms with van der Waals surface area (Å²) >= 11 is 1.88. The van der Waals surface area contributed by atoms with Gasteiger partial charge in [-0.25, -0.2) is 0 Å². The first-order valence-electron chi connectivity index (χ1n) is 6.20. The molecule has 0 aliphatic carbocycles. The lowest BCUT2D eigenvalue weighted by Crippen LogP contribution is -2.37. The molecule has 1 aromatic heterocycles. The molecule has 0 aromatic carbocycles. The zero-order valence-corrected chi connectivity index (χ0v) is 11.1. The van der Waals surface area contributed by atoms with Crippen LogP contribution in [0.4, 0.5) is 0 Å². The van der Waals surface area contributed by atoms with Crippen molar-refractivity contribution in [3.8, 4) is 0 Å². The molecule has 1 aliphatic heterocycles. The highest BCUT2D eigenvalue weighted by Gasteiger charge is 2.21. The van der Waals surface area contributed by atoms with Crippen LogP contribution in [0.1, 0.15) is 36.6 Å². The first-order valence-corrected chi connectivity index (χ1v) is 7.08. The molecule has 0 spiro atoms. The predicted molar refractivity (Wildman–Crippen MR) is 71.0 cm³/mol. The Balaban J connectivity index is 1.97. The van der Waals surface area contributed by atoms with Crippen LogP contribution in [0.25, 0.3) is 0 Å². The Labute approximate surface area is 103 Å². The van der Waals surface area contributed by atoms with Gasteiger partial charge in [0.15, 0.2) is 0 Å². The van der Waals surface area contributed by atoms with Gasteiger partial charge in [0.2, 0.25) is 0 Å². The van der Waals surface area contributed by atoms with E-state index in [1.807, 2.05) is 11.3 Å². The third kappa shape index (κ3) is 3.06. The van der Waals surface area contributed by atoms with Crippen molar-refractivity contribution < 1.29 is 0 Å². The van der Waals surface area contributed by atoms with Gasteiger partial charge in [0, 0.05) is 17.0 Å². The number of nitrogens with zero attached hydrogens (tertiary/aromatic N) is 1. The largest absolute Gasteiger partial charge is 0.314 e. The SMILES string of the molecule is CN(C)C(CC1CCCCN1)c1cccs1. The number of piperidine rings is 1. The van der Waals surface area contributed by atoms with Crippen molar-refractivity contribution in [3.05, 3.63) is 22.4 Å². The minimum absolute atomic E-state index is 0.579. The maximum atomic E-state index is 3.64. The number of nitrogens with one attached hydrogen (secondary N) is 1. The summed E-state index contributed by atoms with van der Waals surface area (Å²) in [6, 6.07) is 5.71. The Kier molecular flexibility index (Phi) is 4.38. The second-order valence-electron chi connectivity index (χ2n) is 4.88. The minimum atomic E-state index is 0.579. The molecule has 1 aromatic rings. The summed E-state index contributed by atoms with van der Waals surface area (Å²) in [5.41, 5.74) is 0. The van der Waals surface area contributed by atoms with Gasteiger partial charge in [-0.2, -0.15) is 0 Å². The van der Waals surface area contributed by atoms with Crippen LogP contribution in [-0.2, 0) is 0 Å². The smallest absolute Gasteiger partial charge is 0.0450 e. The summed E-state index contributed by atoms with van der Waals surface area (Å²) < 4.78 is 0. The van der Waals surface area contributed by atoms with Crippen LogP contribution in [0.2, 0.25) is 0 Å². The van der Waals surface area contributed by atoms with Crippen molar-refractivity contribution in [1.29, 1.82) is 0 Å². The van der Waals surface area contributed by atoms with E-state index in [4.69, 9.17) is 0 Å². The Hall–Kier alpha value is -0.380. The van der Waals surface area contributed by atoms with E-state index in [2.05, 4.69) is 41.8 Å². The minimum Gasteiger partial charge on any atom is -0.314 e. The van der Waals surface area contributed by atoms with Crippen molar-refractivity contribution in [2.75, 3.05) is 20.6 Å². The molecule has 90 valence electrons. The second kappa shape index (κ2) is 5.80. The molecule has 1 saturated heterocycles. The first-order chi connectivity index (χ1) is 7.77. The Morgan fingerprint density at radius 3 is 2.94 bits per heavy atom. The zero-order chi connectivity index (χ0) is 11.4. The van der Waals surface area contributed by atoms with Gasteiger partial charge in [-0.15, -0.1) is 11.3 Å². The summed E-state index contributed by atoms with van der Waals surface area (Å²) in [5.74, 6) is 0. The molecule has 2 unspecified atom stereocenters. The van der Waals surface area contributed by atoms with Gasteiger partial charge < -0.3 is 10.2 Å². The summed E-state index contributed by atoms with van der Waals surface area (Å²) in [4.78, 5) is 3.85. The molecular formula is C13H22N2S. The lowest BCUT2D eigenvalue weighted by Gasteiger charge is -2.30. The quantitative estimate of drug-likeness (QED) is 0.867. The Morgan fingerprint density at radius 2 is 2.38 bits per heavy atom. The fourth-order valence-corrected chi connectivity index (χ4v) is 3.39. The summed E-state index contributed by atoms with van der Waals surface area (Å²) in [6.45, 7) is 1.20. The third-order valence-electron chi connectivity index (χ3n) is 3.42. The number of thiophene rings is 1. The van der Waals surface area contributed by atoms with E-state index in [0.29, 0.717) is 12.1 Å². The highest BCUT2D eigenvalue weighted by atomic mass is 32.1. The van der Waals surface area contributed by atoms with Crippen molar-refractivity contribution in [2.45, 2.75) is 37.8 Å². The van der Waals surface area contributed by atoms with Crippen LogP contribution in [0.3, 0.4) is 0 Å². The molecule has 0 radical (unpaired) electrons. The molecule has 1 aliphatic rings. The van der Waals surface area contributed by atoms with E-state index in [1.54, 1.807) is 0 Å². The molecule has 1 fully saturated rings. The zero-order valence-electron chi connectivity index (χ0n) is 10.3. The van der Waals surface area contributed by atoms with Gasteiger partial charge in [0.25, 0.3) is 0 Å². The van der Waals surface area contributed by atoms with Gasteiger partial charge >= 0.3 is 0 Å². The second-order valence-corrected chi connectivity index (χ2v) is 5.86. The fraction of sp³-hybridized carbons (Fsp3) is 0.692. The van der Waals surface area contributed by atoms with Crippen LogP contribution >= 0.6 is 11.3 Å². The Bertz CT molecular complexity index is 289. The molecule has 0 amide bonds. The van der Waals surface area contributed by atoms with Crippen molar-refractivity contribution in [3.63, 3.8) is 0 Å². The molecular weight excluding hydrogens is 216 g/mol. The molecule has 1 N–H and O–H groups in total. The highest BCUT2D eigenvalue weighted by Crippen LogP contribution is 2.29. The number of hydrogen-bond donors (Lipinski definition) is 1. The van der Waals surface area contributed by atoms with Gasteiger partial charge in [0.1, 0.15) is 0 Å². The van der Waals surface area contributed by atoms with E-state index < -0.39 is 0 Å². The molecule has 2 rings (SSSR count). The van der Waals surface area contributed by atoms with Crippen LogP contribution in [0.15, 0.2) is 17.5 Å². The summed E-state index contributed by atoms with van der Waals surface area (Å²) in [6.07, 6.45) is 5.33. The lowest BCUT2D eigenvalue weighted by molar-refractivity contribution is 0.243. The van der Waals surface area contributed by atoms with Gasteiger partial charge in [0.05, 0.1) is 0 Å². The van der Waals surface area contributed by atoms with Crippen molar-refractivity contribution in [2.24, 2.45) is 0 Å². The van der Waals surface area contributed by atoms with E-state index in [9.17, 15) is 0 Å². The number of rotatable bonds is 4. The van der Waals surface area contributed by atoms with E-state index >= 15 is 0 Å². The van der Waals surface area contributed by atoms with Crippen LogP contribution in [0, 0.1) is 0 Å². The van der Waals surface area contributed by atoms with E-state index in [1.165, 1.54) is 37.1 Å². The molecule has 3 heteroatoms. The standard InChI is InChI=1S/C13H22N2S/c1-15(2)12(13-7-5-9-16-13)10-11-6-3-4-8-14-11/h5,7,9,11-12,14H,3-4,6,8,10H2,1-2H3. The van der Waals surface area contributed by atoms with Gasteiger partial charge in [-0.1, -0.05) is 12.5 Å². The van der Waals surface area contributed by atoms with Gasteiger partial charge in [-0.3, -0.25) is 0 Å². The maximum Gasteiger partial charge on any atom is 0.0450 e. The average molecular weight is 238 g/mol. The lowest BCUT2D eigenvalue weighted by atomic mass is 9.97. The highest BCUT2D eigenvalue weighted by molar-refractivity contribution is 7.10. The molecule has 2 atom stereocenters. The van der Waals surface area contributed by atoms with E-state index in [0.717, 1.165) is 0 Å². The topological polar surface area (TPSA) is 15.3 Å². The molecule has 2 heterocycles. The van der Waals surface area contributed by atoms with Gasteiger partial charge in [-0.05, 0) is 51.3 Å². The normalized spacial score (nSPS) is 23.6. The van der Waals surface area contributed by atoms with Crippen molar-refractivity contribution >= 4 is 11.3 Å². The van der Waals surface area contributed by atoms with Crippen LogP contribution in [-0.4, -0.2) is 31.6 Å². The molecule has 2 nitrogen and oxygen atoms in total. The predicted octanol–water partition coefficient (Wildman–Crippen LogP) is 2.88.